The molecule has 3 nitrogen and oxygen atoms in total. The molecular formula is C9H13F3N2OS. The van der Waals surface area contributed by atoms with Gasteiger partial charge >= 0.3 is 6.18 Å². The van der Waals surface area contributed by atoms with Crippen molar-refractivity contribution in [1.29, 1.82) is 0 Å². The van der Waals surface area contributed by atoms with Crippen molar-refractivity contribution in [2.45, 2.75) is 32.2 Å². The highest BCUT2D eigenvalue weighted by Crippen LogP contribution is 2.19. The monoisotopic (exact) mass is 254 g/mol. The van der Waals surface area contributed by atoms with Crippen molar-refractivity contribution in [3.63, 3.8) is 0 Å². The smallest absolute Gasteiger partial charge is 0.382 e. The van der Waals surface area contributed by atoms with Crippen molar-refractivity contribution in [3.8, 4) is 0 Å². The fourth-order valence-electron chi connectivity index (χ4n) is 1.05. The first-order valence-electron chi connectivity index (χ1n) is 4.82. The van der Waals surface area contributed by atoms with Crippen molar-refractivity contribution in [3.05, 3.63) is 16.1 Å². The van der Waals surface area contributed by atoms with Gasteiger partial charge in [0, 0.05) is 18.5 Å². The third kappa shape index (κ3) is 4.07. The number of aromatic nitrogens is 1. The van der Waals surface area contributed by atoms with Crippen molar-refractivity contribution >= 4 is 11.3 Å². The van der Waals surface area contributed by atoms with E-state index in [4.69, 9.17) is 5.11 Å². The fraction of sp³-hybridized carbons (Fsp3) is 0.667. The van der Waals surface area contributed by atoms with Crippen LogP contribution in [0.4, 0.5) is 13.2 Å². The summed E-state index contributed by atoms with van der Waals surface area (Å²) < 4.78 is 35.8. The molecular weight excluding hydrogens is 241 g/mol. The Morgan fingerprint density at radius 3 is 2.75 bits per heavy atom. The minimum atomic E-state index is -4.57. The molecule has 0 radical (unpaired) electrons. The molecule has 0 spiro atoms. The quantitative estimate of drug-likeness (QED) is 0.841. The van der Waals surface area contributed by atoms with E-state index in [1.807, 2.05) is 6.92 Å². The predicted octanol–water partition coefficient (Wildman–Crippen LogP) is 1.72. The predicted molar refractivity (Wildman–Crippen MR) is 55.3 cm³/mol. The van der Waals surface area contributed by atoms with Gasteiger partial charge in [0.2, 0.25) is 0 Å². The van der Waals surface area contributed by atoms with Gasteiger partial charge in [0.05, 0.1) is 10.7 Å². The van der Waals surface area contributed by atoms with Crippen LogP contribution in [-0.4, -0.2) is 28.9 Å². The van der Waals surface area contributed by atoms with E-state index < -0.39 is 18.8 Å². The van der Waals surface area contributed by atoms with Crippen LogP contribution < -0.4 is 5.32 Å². The fourth-order valence-corrected chi connectivity index (χ4v) is 1.79. The summed E-state index contributed by atoms with van der Waals surface area (Å²) in [6.45, 7) is 1.69. The van der Waals surface area contributed by atoms with Crippen LogP contribution in [0.25, 0.3) is 0 Å². The van der Waals surface area contributed by atoms with Crippen molar-refractivity contribution in [2.75, 3.05) is 6.54 Å². The molecule has 0 saturated carbocycles. The molecule has 1 atom stereocenters. The minimum absolute atomic E-state index is 0.240. The summed E-state index contributed by atoms with van der Waals surface area (Å²) in [5, 5.41) is 14.0. The van der Waals surface area contributed by atoms with Gasteiger partial charge in [0.1, 0.15) is 0 Å². The molecule has 1 aromatic rings. The van der Waals surface area contributed by atoms with E-state index in [-0.39, 0.29) is 6.54 Å². The maximum absolute atomic E-state index is 11.9. The maximum atomic E-state index is 11.9. The molecule has 0 aliphatic rings. The van der Waals surface area contributed by atoms with E-state index in [1.54, 1.807) is 5.38 Å². The number of thiazole rings is 1. The third-order valence-electron chi connectivity index (χ3n) is 1.92. The molecule has 1 aromatic heterocycles. The van der Waals surface area contributed by atoms with Crippen molar-refractivity contribution < 1.29 is 18.3 Å². The normalized spacial score (nSPS) is 14.1. The third-order valence-corrected chi connectivity index (χ3v) is 2.97. The number of hydrogen-bond acceptors (Lipinski definition) is 4. The molecule has 16 heavy (non-hydrogen) atoms. The van der Waals surface area contributed by atoms with Crippen LogP contribution in [-0.2, 0) is 13.0 Å². The second-order valence-electron chi connectivity index (χ2n) is 3.27. The molecule has 1 unspecified atom stereocenters. The number of aliphatic hydroxyl groups excluding tert-OH is 1. The number of halogens is 3. The molecule has 0 aliphatic carbocycles. The Hall–Kier alpha value is -0.660. The average Bonchev–Trinajstić information content (AvgIpc) is 2.64. The summed E-state index contributed by atoms with van der Waals surface area (Å²) in [6.07, 6.45) is -6.07. The maximum Gasteiger partial charge on any atom is 0.415 e. The zero-order chi connectivity index (χ0) is 12.2. The first-order chi connectivity index (χ1) is 7.43. The molecule has 0 fully saturated rings. The second-order valence-corrected chi connectivity index (χ2v) is 4.22. The lowest BCUT2D eigenvalue weighted by molar-refractivity contribution is -0.201. The van der Waals surface area contributed by atoms with E-state index in [9.17, 15) is 13.2 Å². The molecule has 1 heterocycles. The molecule has 0 aromatic carbocycles. The van der Waals surface area contributed by atoms with Crippen molar-refractivity contribution in [1.82, 2.24) is 10.3 Å². The molecule has 0 aliphatic heterocycles. The highest BCUT2D eigenvalue weighted by atomic mass is 32.1. The highest BCUT2D eigenvalue weighted by molar-refractivity contribution is 7.09. The Bertz CT molecular complexity index is 327. The molecule has 7 heteroatoms. The molecule has 92 valence electrons. The second kappa shape index (κ2) is 5.60. The van der Waals surface area contributed by atoms with E-state index in [0.717, 1.165) is 11.4 Å². The van der Waals surface area contributed by atoms with Gasteiger partial charge in [0.15, 0.2) is 6.10 Å². The van der Waals surface area contributed by atoms with Gasteiger partial charge in [0.25, 0.3) is 0 Å². The summed E-state index contributed by atoms with van der Waals surface area (Å²) in [6, 6.07) is 0. The van der Waals surface area contributed by atoms with Gasteiger partial charge in [-0.15, -0.1) is 11.3 Å². The van der Waals surface area contributed by atoms with Gasteiger partial charge in [-0.2, -0.15) is 13.2 Å². The van der Waals surface area contributed by atoms with Crippen LogP contribution in [0.2, 0.25) is 0 Å². The summed E-state index contributed by atoms with van der Waals surface area (Å²) >= 11 is 1.48. The summed E-state index contributed by atoms with van der Waals surface area (Å²) in [7, 11) is 0. The number of nitrogens with zero attached hydrogens (tertiary/aromatic N) is 1. The van der Waals surface area contributed by atoms with E-state index in [2.05, 4.69) is 10.3 Å². The minimum Gasteiger partial charge on any atom is -0.382 e. The van der Waals surface area contributed by atoms with Crippen LogP contribution in [0.5, 0.6) is 0 Å². The van der Waals surface area contributed by atoms with Crippen LogP contribution in [0.3, 0.4) is 0 Å². The average molecular weight is 254 g/mol. The molecule has 0 saturated heterocycles. The van der Waals surface area contributed by atoms with E-state index in [0.29, 0.717) is 5.69 Å². The lowest BCUT2D eigenvalue weighted by Crippen LogP contribution is -2.38. The Kier molecular flexibility index (Phi) is 4.69. The van der Waals surface area contributed by atoms with E-state index in [1.165, 1.54) is 11.3 Å². The summed E-state index contributed by atoms with van der Waals surface area (Å²) in [4.78, 5) is 4.18. The molecule has 0 amide bonds. The van der Waals surface area contributed by atoms with Crippen LogP contribution >= 0.6 is 11.3 Å². The van der Waals surface area contributed by atoms with Gasteiger partial charge < -0.3 is 10.4 Å². The van der Waals surface area contributed by atoms with Gasteiger partial charge in [-0.3, -0.25) is 0 Å². The van der Waals surface area contributed by atoms with Crippen LogP contribution in [0.1, 0.15) is 17.6 Å². The lowest BCUT2D eigenvalue weighted by atomic mass is 10.3. The van der Waals surface area contributed by atoms with Crippen LogP contribution in [0.15, 0.2) is 5.38 Å². The van der Waals surface area contributed by atoms with Crippen LogP contribution in [0, 0.1) is 0 Å². The molecule has 1 rings (SSSR count). The Balaban J connectivity index is 2.30. The van der Waals surface area contributed by atoms with Gasteiger partial charge in [-0.25, -0.2) is 4.98 Å². The standard InChI is InChI=1S/C9H13F3N2OS/c1-2-8-14-6(5-16-8)3-13-4-7(15)9(10,11)12/h5,7,13,15H,2-4H2,1H3. The number of alkyl halides is 3. The van der Waals surface area contributed by atoms with Gasteiger partial charge in [-0.05, 0) is 6.42 Å². The Labute approximate surface area is 95.3 Å². The lowest BCUT2D eigenvalue weighted by Gasteiger charge is -2.14. The number of rotatable bonds is 5. The number of aliphatic hydroxyl groups is 1. The zero-order valence-corrected chi connectivity index (χ0v) is 9.53. The Morgan fingerprint density at radius 2 is 2.25 bits per heavy atom. The van der Waals surface area contributed by atoms with E-state index >= 15 is 0 Å². The SMILES string of the molecule is CCc1nc(CNCC(O)C(F)(F)F)cs1. The number of nitrogens with one attached hydrogen (secondary N) is 1. The topological polar surface area (TPSA) is 45.2 Å². The summed E-state index contributed by atoms with van der Waals surface area (Å²) in [5.74, 6) is 0. The number of aryl methyl sites for hydroxylation is 1. The Morgan fingerprint density at radius 1 is 1.56 bits per heavy atom. The van der Waals surface area contributed by atoms with Gasteiger partial charge in [-0.1, -0.05) is 6.92 Å². The largest absolute Gasteiger partial charge is 0.415 e. The highest BCUT2D eigenvalue weighted by Gasteiger charge is 2.37. The first-order valence-corrected chi connectivity index (χ1v) is 5.70. The number of hydrogen-bond donors (Lipinski definition) is 2. The van der Waals surface area contributed by atoms with Crippen molar-refractivity contribution in [2.24, 2.45) is 0 Å². The zero-order valence-electron chi connectivity index (χ0n) is 8.71. The summed E-state index contributed by atoms with van der Waals surface area (Å²) in [5.41, 5.74) is 0.705. The molecule has 2 N–H and O–H groups in total. The molecule has 0 bridgehead atoms. The first kappa shape index (κ1) is 13.4.